The molecule has 0 unspecified atom stereocenters. The lowest BCUT2D eigenvalue weighted by Crippen LogP contribution is -2.25. The maximum atomic E-state index is 13.5. The number of hydrogen-bond acceptors (Lipinski definition) is 5. The van der Waals surface area contributed by atoms with Gasteiger partial charge in [0.15, 0.2) is 5.71 Å². The van der Waals surface area contributed by atoms with Crippen molar-refractivity contribution in [3.63, 3.8) is 0 Å². The number of hydrazone groups is 1. The molecule has 0 bridgehead atoms. The number of carbonyl (C=O) groups excluding carboxylic acids is 1. The van der Waals surface area contributed by atoms with Gasteiger partial charge in [-0.05, 0) is 47.9 Å². The zero-order chi connectivity index (χ0) is 19.3. The van der Waals surface area contributed by atoms with Gasteiger partial charge < -0.3 is 11.1 Å². The second-order valence-electron chi connectivity index (χ2n) is 5.19. The van der Waals surface area contributed by atoms with Crippen molar-refractivity contribution in [2.45, 2.75) is 12.6 Å². The fourth-order valence-electron chi connectivity index (χ4n) is 2.07. The number of rotatable bonds is 6. The van der Waals surface area contributed by atoms with E-state index in [1.54, 1.807) is 6.07 Å². The highest BCUT2D eigenvalue weighted by molar-refractivity contribution is 6.59. The highest BCUT2D eigenvalue weighted by Crippen LogP contribution is 2.31. The predicted octanol–water partition coefficient (Wildman–Crippen LogP) is 2.73. The van der Waals surface area contributed by atoms with Gasteiger partial charge in [0.1, 0.15) is 11.6 Å². The van der Waals surface area contributed by atoms with Gasteiger partial charge in [-0.15, -0.1) is 0 Å². The Bertz CT molecular complexity index is 864. The van der Waals surface area contributed by atoms with Crippen molar-refractivity contribution < 1.29 is 22.4 Å². The van der Waals surface area contributed by atoms with Crippen LogP contribution in [0.15, 0.2) is 41.6 Å². The average molecular weight is 367 g/mol. The molecule has 6 nitrogen and oxygen atoms in total. The van der Waals surface area contributed by atoms with E-state index >= 15 is 0 Å². The number of carbonyl (C=O) groups is 1. The molecule has 0 aliphatic heterocycles. The Hall–Kier alpha value is -3.30. The Labute approximate surface area is 145 Å². The van der Waals surface area contributed by atoms with Crippen LogP contribution in [0.2, 0.25) is 0 Å². The fourth-order valence-corrected chi connectivity index (χ4v) is 2.07. The van der Waals surface area contributed by atoms with Crippen LogP contribution in [0.3, 0.4) is 0 Å². The summed E-state index contributed by atoms with van der Waals surface area (Å²) in [5.41, 5.74) is 6.68. The van der Waals surface area contributed by atoms with E-state index in [0.717, 1.165) is 12.1 Å². The van der Waals surface area contributed by atoms with E-state index in [1.807, 2.05) is 0 Å². The molecule has 0 spiro atoms. The molecule has 1 aromatic carbocycles. The summed E-state index contributed by atoms with van der Waals surface area (Å²) in [6.45, 7) is 0. The number of benzene rings is 1. The summed E-state index contributed by atoms with van der Waals surface area (Å²) in [7, 11) is 0. The Balaban J connectivity index is 2.23. The highest BCUT2D eigenvalue weighted by Gasteiger charge is 2.31. The molecule has 0 atom stereocenters. The van der Waals surface area contributed by atoms with Crippen LogP contribution in [-0.2, 0) is 17.4 Å². The molecule has 2 aromatic rings. The first kappa shape index (κ1) is 19.0. The summed E-state index contributed by atoms with van der Waals surface area (Å²) in [5.74, 6) is -1.72. The SMILES string of the molecule is N=C/C(=N\Nc1cc(Cc2cc(F)cc(C(F)(F)F)c2)ccn1)C(N)=O. The minimum Gasteiger partial charge on any atom is -0.364 e. The summed E-state index contributed by atoms with van der Waals surface area (Å²) >= 11 is 0. The molecule has 0 saturated heterocycles. The molecular weight excluding hydrogens is 354 g/mol. The monoisotopic (exact) mass is 367 g/mol. The number of primary amides is 1. The lowest BCUT2D eigenvalue weighted by atomic mass is 10.0. The molecule has 0 saturated carbocycles. The van der Waals surface area contributed by atoms with Crippen molar-refractivity contribution in [1.29, 1.82) is 5.41 Å². The molecule has 0 aliphatic rings. The second-order valence-corrected chi connectivity index (χ2v) is 5.19. The smallest absolute Gasteiger partial charge is 0.364 e. The molecule has 10 heteroatoms. The zero-order valence-corrected chi connectivity index (χ0v) is 13.1. The third-order valence-electron chi connectivity index (χ3n) is 3.20. The van der Waals surface area contributed by atoms with Crippen LogP contribution >= 0.6 is 0 Å². The molecule has 136 valence electrons. The summed E-state index contributed by atoms with van der Waals surface area (Å²) in [5, 5.41) is 10.6. The first-order chi connectivity index (χ1) is 12.2. The van der Waals surface area contributed by atoms with Crippen LogP contribution in [0, 0.1) is 11.2 Å². The summed E-state index contributed by atoms with van der Waals surface area (Å²) in [6.07, 6.45) is -2.60. The Morgan fingerprint density at radius 1 is 1.27 bits per heavy atom. The summed E-state index contributed by atoms with van der Waals surface area (Å²) in [6, 6.07) is 5.32. The standard InChI is InChI=1S/C16H13F4N5O/c17-12-5-10(4-11(7-12)16(18,19)20)3-9-1-2-23-14(6-9)25-24-13(8-21)15(22)26/h1-2,4-8,21H,3H2,(H2,22,26)(H,23,25)/b21-8?,24-13+. The van der Waals surface area contributed by atoms with E-state index in [1.165, 1.54) is 12.3 Å². The van der Waals surface area contributed by atoms with Crippen molar-refractivity contribution >= 4 is 23.7 Å². The van der Waals surface area contributed by atoms with Crippen LogP contribution in [0.25, 0.3) is 0 Å². The highest BCUT2D eigenvalue weighted by atomic mass is 19.4. The van der Waals surface area contributed by atoms with E-state index in [-0.39, 0.29) is 23.5 Å². The lowest BCUT2D eigenvalue weighted by molar-refractivity contribution is -0.137. The number of nitrogens with zero attached hydrogens (tertiary/aromatic N) is 2. The minimum absolute atomic E-state index is 0.0228. The van der Waals surface area contributed by atoms with Crippen molar-refractivity contribution in [3.05, 3.63) is 59.0 Å². The quantitative estimate of drug-likeness (QED) is 0.415. The molecule has 1 amide bonds. The predicted molar refractivity (Wildman–Crippen MR) is 87.5 cm³/mol. The lowest BCUT2D eigenvalue weighted by Gasteiger charge is -2.10. The first-order valence-electron chi connectivity index (χ1n) is 7.14. The van der Waals surface area contributed by atoms with Gasteiger partial charge in [-0.25, -0.2) is 9.37 Å². The van der Waals surface area contributed by atoms with Crippen LogP contribution < -0.4 is 11.2 Å². The Morgan fingerprint density at radius 2 is 2.00 bits per heavy atom. The van der Waals surface area contributed by atoms with Gasteiger partial charge in [0.25, 0.3) is 5.91 Å². The second kappa shape index (κ2) is 7.72. The van der Waals surface area contributed by atoms with E-state index in [0.29, 0.717) is 17.8 Å². The number of alkyl halides is 3. The molecule has 0 fully saturated rings. The van der Waals surface area contributed by atoms with Crippen LogP contribution in [0.4, 0.5) is 23.4 Å². The number of anilines is 1. The topological polar surface area (TPSA) is 104 Å². The van der Waals surface area contributed by atoms with Crippen molar-refractivity contribution in [2.24, 2.45) is 10.8 Å². The third kappa shape index (κ3) is 5.10. The number of nitrogens with two attached hydrogens (primary N) is 1. The van der Waals surface area contributed by atoms with E-state index in [2.05, 4.69) is 15.5 Å². The molecule has 1 aromatic heterocycles. The van der Waals surface area contributed by atoms with Crippen LogP contribution in [-0.4, -0.2) is 22.8 Å². The number of aromatic nitrogens is 1. The van der Waals surface area contributed by atoms with Crippen molar-refractivity contribution in [1.82, 2.24) is 4.98 Å². The summed E-state index contributed by atoms with van der Waals surface area (Å²) < 4.78 is 51.8. The Morgan fingerprint density at radius 3 is 2.62 bits per heavy atom. The molecule has 26 heavy (non-hydrogen) atoms. The van der Waals surface area contributed by atoms with Gasteiger partial charge in [-0.2, -0.15) is 18.3 Å². The fraction of sp³-hybridized carbons (Fsp3) is 0.125. The van der Waals surface area contributed by atoms with Gasteiger partial charge in [-0.1, -0.05) is 0 Å². The van der Waals surface area contributed by atoms with Crippen molar-refractivity contribution in [3.8, 4) is 0 Å². The summed E-state index contributed by atoms with van der Waals surface area (Å²) in [4.78, 5) is 14.9. The largest absolute Gasteiger partial charge is 0.416 e. The van der Waals surface area contributed by atoms with Crippen LogP contribution in [0.1, 0.15) is 16.7 Å². The molecular formula is C16H13F4N5O. The third-order valence-corrected chi connectivity index (χ3v) is 3.20. The molecule has 2 rings (SSSR count). The molecule has 4 N–H and O–H groups in total. The number of pyridine rings is 1. The average Bonchev–Trinajstić information content (AvgIpc) is 2.54. The number of nitrogens with one attached hydrogen (secondary N) is 2. The molecule has 1 heterocycles. The van der Waals surface area contributed by atoms with Gasteiger partial charge in [-0.3, -0.25) is 10.2 Å². The maximum Gasteiger partial charge on any atom is 0.416 e. The van der Waals surface area contributed by atoms with Crippen LogP contribution in [0.5, 0.6) is 0 Å². The first-order valence-corrected chi connectivity index (χ1v) is 7.14. The van der Waals surface area contributed by atoms with E-state index < -0.39 is 23.5 Å². The number of hydrogen-bond donors (Lipinski definition) is 3. The zero-order valence-electron chi connectivity index (χ0n) is 13.1. The van der Waals surface area contributed by atoms with Gasteiger partial charge in [0.05, 0.1) is 11.8 Å². The normalized spacial score (nSPS) is 11.9. The molecule has 0 aliphatic carbocycles. The van der Waals surface area contributed by atoms with E-state index in [9.17, 15) is 22.4 Å². The number of amides is 1. The maximum absolute atomic E-state index is 13.5. The van der Waals surface area contributed by atoms with Crippen molar-refractivity contribution in [2.75, 3.05) is 5.43 Å². The van der Waals surface area contributed by atoms with E-state index in [4.69, 9.17) is 11.1 Å². The van der Waals surface area contributed by atoms with Gasteiger partial charge in [0, 0.05) is 6.20 Å². The molecule has 0 radical (unpaired) electrons. The van der Waals surface area contributed by atoms with Gasteiger partial charge in [0.2, 0.25) is 0 Å². The number of halogens is 4. The minimum atomic E-state index is -4.64. The van der Waals surface area contributed by atoms with Gasteiger partial charge >= 0.3 is 6.18 Å². The Kier molecular flexibility index (Phi) is 5.65.